The van der Waals surface area contributed by atoms with Crippen LogP contribution in [0.2, 0.25) is 13.3 Å². The van der Waals surface area contributed by atoms with Crippen molar-refractivity contribution in [1.29, 1.82) is 0 Å². The molecule has 0 amide bonds. The van der Waals surface area contributed by atoms with E-state index in [1.165, 1.54) is 44.1 Å². The van der Waals surface area contributed by atoms with Gasteiger partial charge in [-0.1, -0.05) is 0 Å². The molecule has 0 unspecified atom stereocenters. The van der Waals surface area contributed by atoms with Crippen LogP contribution in [0.1, 0.15) is 64.9 Å². The van der Waals surface area contributed by atoms with Gasteiger partial charge in [0.15, 0.2) is 0 Å². The molecular weight excluding hydrogens is 361 g/mol. The van der Waals surface area contributed by atoms with Crippen LogP contribution in [-0.4, -0.2) is 18.4 Å². The van der Waals surface area contributed by atoms with Gasteiger partial charge in [-0.05, 0) is 0 Å². The zero-order valence-corrected chi connectivity index (χ0v) is 17.3. The Hall–Kier alpha value is -0.0213. The van der Waals surface area contributed by atoms with Crippen LogP contribution in [0.4, 0.5) is 0 Å². The number of hydrogen-bond acceptors (Lipinski definition) is 1. The van der Waals surface area contributed by atoms with E-state index in [0.717, 1.165) is 0 Å². The number of benzene rings is 1. The summed E-state index contributed by atoms with van der Waals surface area (Å²) in [6.07, 6.45) is 8.30. The fraction of sp³-hybridized carbons (Fsp3) is 0.684. The van der Waals surface area contributed by atoms with Crippen molar-refractivity contribution in [3.63, 3.8) is 0 Å². The minimum atomic E-state index is -2.22. The van der Waals surface area contributed by atoms with Gasteiger partial charge in [0.05, 0.1) is 0 Å². The summed E-state index contributed by atoms with van der Waals surface area (Å²) >= 11 is -2.22. The topological polar surface area (TPSA) is 26.0 Å². The van der Waals surface area contributed by atoms with Gasteiger partial charge in [-0.25, -0.2) is 0 Å². The van der Waals surface area contributed by atoms with Gasteiger partial charge in [0.2, 0.25) is 0 Å². The first-order valence-electron chi connectivity index (χ1n) is 9.02. The normalized spacial score (nSPS) is 11.8. The number of hydrogen-bond donors (Lipinski definition) is 1. The van der Waals surface area contributed by atoms with Crippen LogP contribution < -0.4 is 9.31 Å². The molecule has 0 spiro atoms. The van der Waals surface area contributed by atoms with E-state index < -0.39 is 18.4 Å². The molecule has 0 aromatic heterocycles. The second-order valence-electron chi connectivity index (χ2n) is 6.50. The van der Waals surface area contributed by atoms with E-state index in [1.54, 1.807) is 16.9 Å². The molecule has 1 rings (SSSR count). The molecule has 0 aliphatic carbocycles. The summed E-state index contributed by atoms with van der Waals surface area (Å²) in [5.74, 6) is 0. The second kappa shape index (κ2) is 10.7. The number of unbranched alkanes of at least 4 members (excludes halogenated alkanes) is 3. The summed E-state index contributed by atoms with van der Waals surface area (Å²) in [4.78, 5) is 0. The van der Waals surface area contributed by atoms with Crippen LogP contribution >= 0.6 is 0 Å². The molecule has 1 aromatic carbocycles. The standard InChI is InChI=1S/C7H8N.3C4H9.Sn/c8-6-7-4-2-1-3-5-7;3*1-3-4-2;/h1-2,4-5H,6,8H2;3*1,3-4H2,2H3;. The van der Waals surface area contributed by atoms with Gasteiger partial charge in [-0.15, -0.1) is 0 Å². The van der Waals surface area contributed by atoms with Gasteiger partial charge in [0.25, 0.3) is 0 Å². The Bertz CT molecular complexity index is 367. The van der Waals surface area contributed by atoms with Crippen molar-refractivity contribution in [3.05, 3.63) is 29.8 Å². The van der Waals surface area contributed by atoms with Gasteiger partial charge in [0.1, 0.15) is 0 Å². The molecule has 0 aliphatic heterocycles. The van der Waals surface area contributed by atoms with E-state index in [4.69, 9.17) is 5.73 Å². The van der Waals surface area contributed by atoms with Crippen molar-refractivity contribution < 1.29 is 0 Å². The summed E-state index contributed by atoms with van der Waals surface area (Å²) in [6.45, 7) is 7.71. The van der Waals surface area contributed by atoms with Gasteiger partial charge in [0, 0.05) is 0 Å². The Morgan fingerprint density at radius 3 is 1.81 bits per heavy atom. The third-order valence-electron chi connectivity index (χ3n) is 4.80. The van der Waals surface area contributed by atoms with Gasteiger partial charge in [-0.2, -0.15) is 0 Å². The Morgan fingerprint density at radius 2 is 1.38 bits per heavy atom. The van der Waals surface area contributed by atoms with Crippen molar-refractivity contribution in [1.82, 2.24) is 0 Å². The SMILES string of the molecule is CCC[CH2][Sn]([CH2]CCC)([CH2]CCC)[c]1cccc(CN)c1. The van der Waals surface area contributed by atoms with Gasteiger partial charge >= 0.3 is 137 Å². The minimum absolute atomic E-state index is 0.686. The maximum absolute atomic E-state index is 5.89. The van der Waals surface area contributed by atoms with E-state index in [1.807, 2.05) is 0 Å². The molecule has 0 heterocycles. The van der Waals surface area contributed by atoms with E-state index in [9.17, 15) is 0 Å². The number of nitrogens with two attached hydrogens (primary N) is 1. The third kappa shape index (κ3) is 5.94. The van der Waals surface area contributed by atoms with Crippen molar-refractivity contribution in [3.8, 4) is 0 Å². The van der Waals surface area contributed by atoms with E-state index in [-0.39, 0.29) is 0 Å². The Labute approximate surface area is 136 Å². The summed E-state index contributed by atoms with van der Waals surface area (Å²) in [5, 5.41) is 0. The van der Waals surface area contributed by atoms with Crippen molar-refractivity contribution in [2.24, 2.45) is 5.73 Å². The molecular formula is C19H35NSn. The number of rotatable bonds is 11. The van der Waals surface area contributed by atoms with Crippen LogP contribution in [0.25, 0.3) is 0 Å². The summed E-state index contributed by atoms with van der Waals surface area (Å²) < 4.78 is 6.38. The van der Waals surface area contributed by atoms with Gasteiger partial charge < -0.3 is 0 Å². The zero-order chi connectivity index (χ0) is 15.6. The maximum atomic E-state index is 5.89. The predicted octanol–water partition coefficient (Wildman–Crippen LogP) is 5.20. The summed E-state index contributed by atoms with van der Waals surface area (Å²) in [5.41, 5.74) is 7.22. The van der Waals surface area contributed by atoms with Crippen molar-refractivity contribution in [2.45, 2.75) is 79.2 Å². The van der Waals surface area contributed by atoms with Crippen LogP contribution in [-0.2, 0) is 6.54 Å². The average Bonchev–Trinajstić information content (AvgIpc) is 2.54. The Balaban J connectivity index is 3.09. The zero-order valence-electron chi connectivity index (χ0n) is 14.5. The van der Waals surface area contributed by atoms with Crippen molar-refractivity contribution >= 4 is 22.0 Å². The molecule has 0 saturated heterocycles. The molecule has 21 heavy (non-hydrogen) atoms. The molecule has 1 aromatic rings. The molecule has 0 saturated carbocycles. The second-order valence-corrected chi connectivity index (χ2v) is 19.7. The Morgan fingerprint density at radius 1 is 0.857 bits per heavy atom. The quantitative estimate of drug-likeness (QED) is 0.512. The Kier molecular flexibility index (Phi) is 9.66. The third-order valence-corrected chi connectivity index (χ3v) is 20.4. The summed E-state index contributed by atoms with van der Waals surface area (Å²) in [6, 6.07) is 9.36. The fourth-order valence-electron chi connectivity index (χ4n) is 3.38. The molecule has 0 atom stereocenters. The van der Waals surface area contributed by atoms with E-state index >= 15 is 0 Å². The molecule has 2 heteroatoms. The van der Waals surface area contributed by atoms with Crippen LogP contribution in [0.5, 0.6) is 0 Å². The van der Waals surface area contributed by atoms with Crippen LogP contribution in [0, 0.1) is 0 Å². The first-order chi connectivity index (χ1) is 10.2. The molecule has 0 bridgehead atoms. The first kappa shape index (κ1) is 19.0. The molecule has 0 radical (unpaired) electrons. The summed E-state index contributed by atoms with van der Waals surface area (Å²) in [7, 11) is 0. The molecule has 0 fully saturated rings. The van der Waals surface area contributed by atoms with E-state index in [0.29, 0.717) is 6.54 Å². The molecule has 120 valence electrons. The van der Waals surface area contributed by atoms with Crippen molar-refractivity contribution in [2.75, 3.05) is 0 Å². The van der Waals surface area contributed by atoms with Crippen LogP contribution in [0.15, 0.2) is 24.3 Å². The average molecular weight is 396 g/mol. The first-order valence-corrected chi connectivity index (χ1v) is 16.5. The van der Waals surface area contributed by atoms with Gasteiger partial charge in [-0.3, -0.25) is 0 Å². The molecule has 0 aliphatic rings. The fourth-order valence-corrected chi connectivity index (χ4v) is 19.5. The molecule has 2 N–H and O–H groups in total. The van der Waals surface area contributed by atoms with Crippen LogP contribution in [0.3, 0.4) is 0 Å². The van der Waals surface area contributed by atoms with E-state index in [2.05, 4.69) is 45.0 Å². The molecule has 1 nitrogen and oxygen atoms in total. The predicted molar refractivity (Wildman–Crippen MR) is 98.9 cm³/mol. The monoisotopic (exact) mass is 397 g/mol.